The predicted octanol–water partition coefficient (Wildman–Crippen LogP) is 1.75. The summed E-state index contributed by atoms with van der Waals surface area (Å²) in [6.45, 7) is 1.65. The summed E-state index contributed by atoms with van der Waals surface area (Å²) in [5.74, 6) is -0.669. The van der Waals surface area contributed by atoms with E-state index < -0.39 is 16.9 Å². The van der Waals surface area contributed by atoms with Gasteiger partial charge < -0.3 is 4.74 Å². The van der Waals surface area contributed by atoms with Gasteiger partial charge in [-0.15, -0.1) is 0 Å². The summed E-state index contributed by atoms with van der Waals surface area (Å²) in [6, 6.07) is 1.63. The first-order chi connectivity index (χ1) is 8.54. The molecule has 7 nitrogen and oxygen atoms in total. The third-order valence-electron chi connectivity index (χ3n) is 1.81. The van der Waals surface area contributed by atoms with Gasteiger partial charge in [-0.05, 0) is 35.0 Å². The molecule has 1 aromatic rings. The summed E-state index contributed by atoms with van der Waals surface area (Å²) in [6.07, 6.45) is 2.41. The van der Waals surface area contributed by atoms with Crippen LogP contribution in [0.1, 0.15) is 6.92 Å². The number of nitrogens with zero attached hydrogens (tertiary/aromatic N) is 3. The zero-order valence-corrected chi connectivity index (χ0v) is 11.0. The number of ether oxygens (including phenoxy) is 1. The van der Waals surface area contributed by atoms with Crippen molar-refractivity contribution in [2.24, 2.45) is 4.99 Å². The zero-order chi connectivity index (χ0) is 13.5. The first-order valence-electron chi connectivity index (χ1n) is 5.00. The van der Waals surface area contributed by atoms with Gasteiger partial charge in [0.05, 0.1) is 12.8 Å². The van der Waals surface area contributed by atoms with Crippen molar-refractivity contribution in [1.29, 1.82) is 0 Å². The van der Waals surface area contributed by atoms with Crippen LogP contribution in [0.2, 0.25) is 0 Å². The first-order valence-corrected chi connectivity index (χ1v) is 5.79. The highest BCUT2D eigenvalue weighted by atomic mass is 79.9. The van der Waals surface area contributed by atoms with Crippen LogP contribution in [-0.4, -0.2) is 34.7 Å². The lowest BCUT2D eigenvalue weighted by molar-refractivity contribution is -0.490. The molecule has 18 heavy (non-hydrogen) atoms. The van der Waals surface area contributed by atoms with Crippen LogP contribution >= 0.6 is 15.9 Å². The zero-order valence-electron chi connectivity index (χ0n) is 9.45. The van der Waals surface area contributed by atoms with E-state index in [9.17, 15) is 14.9 Å². The maximum absolute atomic E-state index is 11.3. The number of carbonyl (C=O) groups excluding carboxylic acids is 1. The molecule has 8 heteroatoms. The summed E-state index contributed by atoms with van der Waals surface area (Å²) < 4.78 is 5.33. The largest absolute Gasteiger partial charge is 0.461 e. The Bertz CT molecular complexity index is 461. The van der Waals surface area contributed by atoms with E-state index in [1.807, 2.05) is 0 Å². The van der Waals surface area contributed by atoms with Gasteiger partial charge in [0.2, 0.25) is 0 Å². The molecule has 1 unspecified atom stereocenters. The molecule has 0 radical (unpaired) electrons. The van der Waals surface area contributed by atoms with Crippen LogP contribution in [0, 0.1) is 10.1 Å². The summed E-state index contributed by atoms with van der Waals surface area (Å²) in [5.41, 5.74) is 0. The van der Waals surface area contributed by atoms with E-state index in [1.54, 1.807) is 19.1 Å². The molecule has 0 aromatic carbocycles. The number of pyridine rings is 1. The van der Waals surface area contributed by atoms with Crippen LogP contribution < -0.4 is 0 Å². The molecule has 0 spiro atoms. The normalized spacial score (nSPS) is 12.3. The van der Waals surface area contributed by atoms with Crippen LogP contribution in [0.25, 0.3) is 0 Å². The van der Waals surface area contributed by atoms with E-state index >= 15 is 0 Å². The van der Waals surface area contributed by atoms with Crippen LogP contribution in [-0.2, 0) is 9.53 Å². The van der Waals surface area contributed by atoms with Crippen molar-refractivity contribution in [3.63, 3.8) is 0 Å². The number of rotatable bonds is 5. The molecule has 0 saturated carbocycles. The molecule has 0 saturated heterocycles. The molecule has 0 aliphatic heterocycles. The van der Waals surface area contributed by atoms with E-state index in [-0.39, 0.29) is 12.4 Å². The van der Waals surface area contributed by atoms with E-state index in [4.69, 9.17) is 0 Å². The van der Waals surface area contributed by atoms with Gasteiger partial charge in [0, 0.05) is 15.6 Å². The number of carbonyl (C=O) groups is 1. The minimum Gasteiger partial charge on any atom is -0.461 e. The Balaban J connectivity index is 2.80. The molecule has 0 N–H and O–H groups in total. The van der Waals surface area contributed by atoms with Crippen molar-refractivity contribution in [3.05, 3.63) is 32.9 Å². The Morgan fingerprint density at radius 1 is 1.72 bits per heavy atom. The Labute approximate surface area is 111 Å². The van der Waals surface area contributed by atoms with Gasteiger partial charge in [0.15, 0.2) is 5.82 Å². The summed E-state index contributed by atoms with van der Waals surface area (Å²) in [7, 11) is 0. The number of aliphatic imine (C=N–C) groups is 1. The highest BCUT2D eigenvalue weighted by molar-refractivity contribution is 9.10. The second-order valence-electron chi connectivity index (χ2n) is 3.10. The third-order valence-corrected chi connectivity index (χ3v) is 2.28. The quantitative estimate of drug-likeness (QED) is 0.357. The van der Waals surface area contributed by atoms with Gasteiger partial charge in [-0.3, -0.25) is 10.1 Å². The lowest BCUT2D eigenvalue weighted by atomic mass is 10.3. The summed E-state index contributed by atoms with van der Waals surface area (Å²) in [4.78, 5) is 28.9. The number of aromatic nitrogens is 1. The number of esters is 1. The summed E-state index contributed by atoms with van der Waals surface area (Å²) in [5, 5.41) is 10.7. The second-order valence-corrected chi connectivity index (χ2v) is 4.01. The van der Waals surface area contributed by atoms with Crippen molar-refractivity contribution in [2.75, 3.05) is 6.61 Å². The molecule has 1 aromatic heterocycles. The molecule has 0 aliphatic carbocycles. The molecule has 0 amide bonds. The molecule has 1 rings (SSSR count). The van der Waals surface area contributed by atoms with Crippen LogP contribution in [0.3, 0.4) is 0 Å². The van der Waals surface area contributed by atoms with Gasteiger partial charge in [0.25, 0.3) is 0 Å². The average molecular weight is 316 g/mol. The summed E-state index contributed by atoms with van der Waals surface area (Å²) >= 11 is 3.20. The molecule has 1 heterocycles. The predicted molar refractivity (Wildman–Crippen MR) is 67.5 cm³/mol. The van der Waals surface area contributed by atoms with E-state index in [2.05, 4.69) is 30.6 Å². The van der Waals surface area contributed by atoms with Gasteiger partial charge in [-0.25, -0.2) is 14.8 Å². The van der Waals surface area contributed by atoms with Crippen molar-refractivity contribution < 1.29 is 14.5 Å². The Hall–Kier alpha value is -1.83. The molecular formula is C10H10BrN3O4. The maximum atomic E-state index is 11.3. The minimum atomic E-state index is -1.62. The lowest BCUT2D eigenvalue weighted by Crippen LogP contribution is -2.32. The van der Waals surface area contributed by atoms with Crippen LogP contribution in [0.4, 0.5) is 5.82 Å². The van der Waals surface area contributed by atoms with E-state index in [1.165, 1.54) is 6.20 Å². The Morgan fingerprint density at radius 2 is 2.44 bits per heavy atom. The fourth-order valence-corrected chi connectivity index (χ4v) is 1.25. The topological polar surface area (TPSA) is 94.7 Å². The molecular weight excluding hydrogens is 306 g/mol. The number of hydrogen-bond donors (Lipinski definition) is 0. The third kappa shape index (κ3) is 4.21. The van der Waals surface area contributed by atoms with E-state index in [0.29, 0.717) is 0 Å². The van der Waals surface area contributed by atoms with Crippen molar-refractivity contribution in [3.8, 4) is 0 Å². The van der Waals surface area contributed by atoms with Gasteiger partial charge in [-0.2, -0.15) is 0 Å². The van der Waals surface area contributed by atoms with Crippen molar-refractivity contribution in [2.45, 2.75) is 13.0 Å². The fraction of sp³-hybridized carbons (Fsp3) is 0.300. The van der Waals surface area contributed by atoms with Crippen molar-refractivity contribution in [1.82, 2.24) is 4.98 Å². The highest BCUT2D eigenvalue weighted by Crippen LogP contribution is 2.12. The maximum Gasteiger partial charge on any atom is 0.387 e. The molecule has 0 aliphatic rings. The van der Waals surface area contributed by atoms with E-state index in [0.717, 1.165) is 10.7 Å². The second kappa shape index (κ2) is 6.80. The highest BCUT2D eigenvalue weighted by Gasteiger charge is 2.29. The molecule has 1 atom stereocenters. The molecule has 96 valence electrons. The van der Waals surface area contributed by atoms with Crippen LogP contribution in [0.15, 0.2) is 27.8 Å². The number of hydrogen-bond acceptors (Lipinski definition) is 6. The van der Waals surface area contributed by atoms with Crippen LogP contribution in [0.5, 0.6) is 0 Å². The Morgan fingerprint density at radius 3 is 2.94 bits per heavy atom. The monoisotopic (exact) mass is 315 g/mol. The fourth-order valence-electron chi connectivity index (χ4n) is 1.02. The Kier molecular flexibility index (Phi) is 5.37. The molecule has 0 fully saturated rings. The van der Waals surface area contributed by atoms with Gasteiger partial charge >= 0.3 is 12.0 Å². The molecule has 0 bridgehead atoms. The SMILES string of the molecule is CCOC(=O)C(C=Nc1ccc(Br)cn1)[N+](=O)[O-]. The van der Waals surface area contributed by atoms with Gasteiger partial charge in [-0.1, -0.05) is 0 Å². The average Bonchev–Trinajstić information content (AvgIpc) is 2.31. The lowest BCUT2D eigenvalue weighted by Gasteiger charge is -2.03. The standard InChI is InChI=1S/C10H10BrN3O4/c1-2-18-10(15)8(14(16)17)6-13-9-4-3-7(11)5-12-9/h3-6,8H,2H2,1H3. The number of nitro groups is 1. The first kappa shape index (κ1) is 14.2. The number of halogens is 1. The smallest absolute Gasteiger partial charge is 0.387 e. The minimum absolute atomic E-state index is 0.0769. The van der Waals surface area contributed by atoms with Crippen molar-refractivity contribution >= 4 is 33.9 Å². The van der Waals surface area contributed by atoms with Gasteiger partial charge in [0.1, 0.15) is 0 Å².